The summed E-state index contributed by atoms with van der Waals surface area (Å²) in [5.74, 6) is -0.258. The predicted octanol–water partition coefficient (Wildman–Crippen LogP) is 1.40. The quantitative estimate of drug-likeness (QED) is 0.716. The van der Waals surface area contributed by atoms with E-state index < -0.39 is 11.0 Å². The molecule has 2 aliphatic rings. The van der Waals surface area contributed by atoms with Gasteiger partial charge in [0.1, 0.15) is 5.54 Å². The molecule has 2 rings (SSSR count). The SMILES string of the molecule is CC(C)C1(C)CC(=O)N(C2(C#N)CCN(C)CC2)C1=O. The summed E-state index contributed by atoms with van der Waals surface area (Å²) >= 11 is 0. The van der Waals surface area contributed by atoms with Crippen LogP contribution in [0.3, 0.4) is 0 Å². The average molecular weight is 277 g/mol. The largest absolute Gasteiger partial charge is 0.306 e. The van der Waals surface area contributed by atoms with E-state index in [0.29, 0.717) is 12.8 Å². The van der Waals surface area contributed by atoms with E-state index in [-0.39, 0.29) is 24.2 Å². The Bertz CT molecular complexity index is 472. The highest BCUT2D eigenvalue weighted by atomic mass is 16.2. The van der Waals surface area contributed by atoms with Gasteiger partial charge in [-0.3, -0.25) is 14.5 Å². The van der Waals surface area contributed by atoms with E-state index in [1.165, 1.54) is 4.90 Å². The van der Waals surface area contributed by atoms with Crippen LogP contribution in [-0.4, -0.2) is 47.3 Å². The highest BCUT2D eigenvalue weighted by molar-refractivity contribution is 6.07. The Morgan fingerprint density at radius 1 is 1.25 bits per heavy atom. The van der Waals surface area contributed by atoms with E-state index in [9.17, 15) is 14.9 Å². The molecule has 20 heavy (non-hydrogen) atoms. The molecule has 0 aromatic heterocycles. The number of likely N-dealkylation sites (tertiary alicyclic amines) is 2. The van der Waals surface area contributed by atoms with Crippen LogP contribution in [0.15, 0.2) is 0 Å². The van der Waals surface area contributed by atoms with Gasteiger partial charge in [-0.15, -0.1) is 0 Å². The summed E-state index contributed by atoms with van der Waals surface area (Å²) < 4.78 is 0. The Kier molecular flexibility index (Phi) is 3.64. The summed E-state index contributed by atoms with van der Waals surface area (Å²) in [6.45, 7) is 7.24. The second-order valence-electron chi connectivity index (χ2n) is 6.73. The maximum absolute atomic E-state index is 12.8. The molecule has 0 aliphatic carbocycles. The second kappa shape index (κ2) is 4.85. The van der Waals surface area contributed by atoms with Crippen LogP contribution in [0.5, 0.6) is 0 Å². The highest BCUT2D eigenvalue weighted by Gasteiger charge is 2.57. The van der Waals surface area contributed by atoms with Crippen molar-refractivity contribution in [3.05, 3.63) is 0 Å². The van der Waals surface area contributed by atoms with Crippen LogP contribution in [0, 0.1) is 22.7 Å². The van der Waals surface area contributed by atoms with Crippen LogP contribution in [-0.2, 0) is 9.59 Å². The zero-order chi connectivity index (χ0) is 15.1. The molecule has 2 saturated heterocycles. The summed E-state index contributed by atoms with van der Waals surface area (Å²) in [4.78, 5) is 28.6. The van der Waals surface area contributed by atoms with Crippen molar-refractivity contribution in [2.75, 3.05) is 20.1 Å². The summed E-state index contributed by atoms with van der Waals surface area (Å²) in [7, 11) is 1.99. The second-order valence-corrected chi connectivity index (χ2v) is 6.73. The van der Waals surface area contributed by atoms with Crippen molar-refractivity contribution < 1.29 is 9.59 Å². The maximum Gasteiger partial charge on any atom is 0.237 e. The maximum atomic E-state index is 12.8. The smallest absolute Gasteiger partial charge is 0.237 e. The van der Waals surface area contributed by atoms with Gasteiger partial charge in [-0.05, 0) is 32.7 Å². The molecule has 2 fully saturated rings. The van der Waals surface area contributed by atoms with Crippen molar-refractivity contribution >= 4 is 11.8 Å². The lowest BCUT2D eigenvalue weighted by molar-refractivity contribution is -0.148. The molecular weight excluding hydrogens is 254 g/mol. The van der Waals surface area contributed by atoms with Gasteiger partial charge in [-0.25, -0.2) is 0 Å². The van der Waals surface area contributed by atoms with Crippen LogP contribution < -0.4 is 0 Å². The number of carbonyl (C=O) groups is 2. The van der Waals surface area contributed by atoms with Crippen molar-refractivity contribution in [3.63, 3.8) is 0 Å². The lowest BCUT2D eigenvalue weighted by Crippen LogP contribution is -2.57. The third-order valence-corrected chi connectivity index (χ3v) is 5.18. The lowest BCUT2D eigenvalue weighted by atomic mass is 9.77. The Hall–Kier alpha value is -1.41. The molecular formula is C15H23N3O2. The zero-order valence-electron chi connectivity index (χ0n) is 12.8. The van der Waals surface area contributed by atoms with Gasteiger partial charge in [0.05, 0.1) is 11.5 Å². The molecule has 1 unspecified atom stereocenters. The molecule has 2 amide bonds. The highest BCUT2D eigenvalue weighted by Crippen LogP contribution is 2.44. The van der Waals surface area contributed by atoms with E-state index in [0.717, 1.165) is 13.1 Å². The molecule has 0 spiro atoms. The number of carbonyl (C=O) groups excluding carboxylic acids is 2. The van der Waals surface area contributed by atoms with Crippen molar-refractivity contribution in [2.45, 2.75) is 45.6 Å². The normalized spacial score (nSPS) is 30.9. The van der Waals surface area contributed by atoms with Crippen molar-refractivity contribution in [1.29, 1.82) is 5.26 Å². The number of amides is 2. The number of hydrogen-bond acceptors (Lipinski definition) is 4. The lowest BCUT2D eigenvalue weighted by Gasteiger charge is -2.41. The van der Waals surface area contributed by atoms with Gasteiger partial charge in [-0.2, -0.15) is 5.26 Å². The number of nitriles is 1. The van der Waals surface area contributed by atoms with Gasteiger partial charge in [0.15, 0.2) is 0 Å². The van der Waals surface area contributed by atoms with E-state index in [2.05, 4.69) is 11.0 Å². The minimum absolute atomic E-state index is 0.0888. The van der Waals surface area contributed by atoms with Crippen molar-refractivity contribution in [2.24, 2.45) is 11.3 Å². The number of hydrogen-bond donors (Lipinski definition) is 0. The predicted molar refractivity (Wildman–Crippen MR) is 74.5 cm³/mol. The molecule has 0 N–H and O–H groups in total. The van der Waals surface area contributed by atoms with E-state index in [4.69, 9.17) is 0 Å². The number of rotatable bonds is 2. The summed E-state index contributed by atoms with van der Waals surface area (Å²) in [5.41, 5.74) is -1.60. The summed E-state index contributed by atoms with van der Waals surface area (Å²) in [6, 6.07) is 2.28. The standard InChI is InChI=1S/C15H23N3O2/c1-11(2)14(3)9-12(19)18(13(14)20)15(10-16)5-7-17(4)8-6-15/h11H,5-9H2,1-4H3. The molecule has 2 heterocycles. The Morgan fingerprint density at radius 3 is 2.20 bits per heavy atom. The fraction of sp³-hybridized carbons (Fsp3) is 0.800. The first-order chi connectivity index (χ1) is 9.27. The number of piperidine rings is 1. The van der Waals surface area contributed by atoms with Crippen LogP contribution >= 0.6 is 0 Å². The van der Waals surface area contributed by atoms with Gasteiger partial charge < -0.3 is 4.90 Å². The minimum atomic E-state index is -0.937. The van der Waals surface area contributed by atoms with Crippen molar-refractivity contribution in [3.8, 4) is 6.07 Å². The summed E-state index contributed by atoms with van der Waals surface area (Å²) in [5, 5.41) is 9.62. The molecule has 2 aliphatic heterocycles. The van der Waals surface area contributed by atoms with Gasteiger partial charge in [0.25, 0.3) is 0 Å². The fourth-order valence-electron chi connectivity index (χ4n) is 3.10. The van der Waals surface area contributed by atoms with Gasteiger partial charge >= 0.3 is 0 Å². The summed E-state index contributed by atoms with van der Waals surface area (Å²) in [6.07, 6.45) is 1.32. The monoisotopic (exact) mass is 277 g/mol. The van der Waals surface area contributed by atoms with Gasteiger partial charge in [0.2, 0.25) is 11.8 Å². The van der Waals surface area contributed by atoms with Crippen LogP contribution in [0.2, 0.25) is 0 Å². The first-order valence-electron chi connectivity index (χ1n) is 7.24. The van der Waals surface area contributed by atoms with E-state index in [1.807, 2.05) is 27.8 Å². The topological polar surface area (TPSA) is 64.4 Å². The number of nitrogens with zero attached hydrogens (tertiary/aromatic N) is 3. The van der Waals surface area contributed by atoms with Gasteiger partial charge in [0, 0.05) is 19.5 Å². The molecule has 1 atom stereocenters. The molecule has 0 aromatic carbocycles. The molecule has 0 aromatic rings. The fourth-order valence-corrected chi connectivity index (χ4v) is 3.10. The average Bonchev–Trinajstić information content (AvgIpc) is 2.64. The van der Waals surface area contributed by atoms with Crippen LogP contribution in [0.4, 0.5) is 0 Å². The number of imide groups is 1. The third-order valence-electron chi connectivity index (χ3n) is 5.18. The molecule has 0 bridgehead atoms. The van der Waals surface area contributed by atoms with Crippen LogP contribution in [0.1, 0.15) is 40.0 Å². The molecule has 0 radical (unpaired) electrons. The zero-order valence-corrected chi connectivity index (χ0v) is 12.8. The van der Waals surface area contributed by atoms with Crippen molar-refractivity contribution in [1.82, 2.24) is 9.80 Å². The molecule has 0 saturated carbocycles. The van der Waals surface area contributed by atoms with E-state index in [1.54, 1.807) is 0 Å². The Morgan fingerprint density at radius 2 is 1.80 bits per heavy atom. The third kappa shape index (κ3) is 2.03. The first-order valence-corrected chi connectivity index (χ1v) is 7.24. The minimum Gasteiger partial charge on any atom is -0.306 e. The Labute approximate surface area is 120 Å². The first kappa shape index (κ1) is 15.0. The molecule has 110 valence electrons. The Balaban J connectivity index is 2.35. The van der Waals surface area contributed by atoms with E-state index >= 15 is 0 Å². The molecule has 5 nitrogen and oxygen atoms in total. The van der Waals surface area contributed by atoms with Crippen LogP contribution in [0.25, 0.3) is 0 Å². The molecule has 5 heteroatoms. The van der Waals surface area contributed by atoms with Gasteiger partial charge in [-0.1, -0.05) is 13.8 Å².